The molecule has 7 nitrogen and oxygen atoms in total. The lowest BCUT2D eigenvalue weighted by molar-refractivity contribution is 0.0924. The minimum absolute atomic E-state index is 0.155. The summed E-state index contributed by atoms with van der Waals surface area (Å²) in [5, 5.41) is 7.36. The van der Waals surface area contributed by atoms with Gasteiger partial charge >= 0.3 is 0 Å². The summed E-state index contributed by atoms with van der Waals surface area (Å²) in [6, 6.07) is 5.88. The zero-order chi connectivity index (χ0) is 18.4. The molecule has 1 atom stereocenters. The molecule has 0 spiro atoms. The monoisotopic (exact) mass is 350 g/mol. The second kappa shape index (κ2) is 6.01. The molecule has 2 N–H and O–H groups in total. The van der Waals surface area contributed by atoms with Gasteiger partial charge in [0.15, 0.2) is 0 Å². The van der Waals surface area contributed by atoms with Gasteiger partial charge in [-0.05, 0) is 30.5 Å². The lowest BCUT2D eigenvalue weighted by atomic mass is 10.0. The van der Waals surface area contributed by atoms with Gasteiger partial charge in [-0.1, -0.05) is 19.9 Å². The number of benzene rings is 1. The Kier molecular flexibility index (Phi) is 3.79. The van der Waals surface area contributed by atoms with Gasteiger partial charge in [-0.2, -0.15) is 5.10 Å². The van der Waals surface area contributed by atoms with Gasteiger partial charge in [-0.3, -0.25) is 4.79 Å². The summed E-state index contributed by atoms with van der Waals surface area (Å²) >= 11 is 0. The van der Waals surface area contributed by atoms with Crippen LogP contribution in [0.3, 0.4) is 0 Å². The Labute approximate surface area is 151 Å². The van der Waals surface area contributed by atoms with Crippen molar-refractivity contribution < 1.29 is 4.79 Å². The van der Waals surface area contributed by atoms with Crippen LogP contribution in [0.4, 0.5) is 0 Å². The molecule has 4 aromatic rings. The van der Waals surface area contributed by atoms with Gasteiger partial charge in [-0.25, -0.2) is 9.50 Å². The first-order chi connectivity index (χ1) is 12.4. The number of fused-ring (bicyclic) bond motifs is 2. The molecule has 7 heteroatoms. The van der Waals surface area contributed by atoms with E-state index in [1.54, 1.807) is 10.7 Å². The Hall–Kier alpha value is -3.09. The molecule has 1 amide bonds. The van der Waals surface area contributed by atoms with E-state index >= 15 is 0 Å². The van der Waals surface area contributed by atoms with Crippen molar-refractivity contribution in [3.63, 3.8) is 0 Å². The van der Waals surface area contributed by atoms with E-state index in [-0.39, 0.29) is 17.9 Å². The molecule has 26 heavy (non-hydrogen) atoms. The lowest BCUT2D eigenvalue weighted by Crippen LogP contribution is -2.32. The number of H-pyrrole nitrogens is 1. The molecule has 4 rings (SSSR count). The minimum atomic E-state index is -0.217. The lowest BCUT2D eigenvalue weighted by Gasteiger charge is -2.20. The van der Waals surface area contributed by atoms with Crippen LogP contribution in [0.2, 0.25) is 0 Å². The van der Waals surface area contributed by atoms with Gasteiger partial charge < -0.3 is 14.9 Å². The van der Waals surface area contributed by atoms with Crippen LogP contribution in [0.25, 0.3) is 16.7 Å². The second-order valence-electron chi connectivity index (χ2n) is 7.07. The van der Waals surface area contributed by atoms with E-state index in [0.717, 1.165) is 22.5 Å². The van der Waals surface area contributed by atoms with Gasteiger partial charge in [0.05, 0.1) is 23.3 Å². The zero-order valence-electron chi connectivity index (χ0n) is 15.3. The van der Waals surface area contributed by atoms with Crippen molar-refractivity contribution in [1.82, 2.24) is 29.5 Å². The number of nitrogens with zero attached hydrogens (tertiary/aromatic N) is 4. The van der Waals surface area contributed by atoms with E-state index in [2.05, 4.69) is 40.3 Å². The van der Waals surface area contributed by atoms with Crippen LogP contribution < -0.4 is 5.32 Å². The summed E-state index contributed by atoms with van der Waals surface area (Å²) in [6.07, 6.45) is 5.30. The highest BCUT2D eigenvalue weighted by Gasteiger charge is 2.24. The van der Waals surface area contributed by atoms with Gasteiger partial charge in [-0.15, -0.1) is 0 Å². The SMILES string of the molecule is Cc1ccc2nc(C(NC(=O)c3cnn4ccn(C)c34)C(C)C)[nH]c2c1. The third kappa shape index (κ3) is 2.65. The number of amides is 1. The summed E-state index contributed by atoms with van der Waals surface area (Å²) in [5.41, 5.74) is 4.38. The number of nitrogens with one attached hydrogen (secondary N) is 2. The van der Waals surface area contributed by atoms with Crippen LogP contribution in [-0.4, -0.2) is 30.1 Å². The third-order valence-electron chi connectivity index (χ3n) is 4.68. The molecule has 0 aliphatic carbocycles. The highest BCUT2D eigenvalue weighted by Crippen LogP contribution is 2.24. The van der Waals surface area contributed by atoms with Crippen LogP contribution in [0.1, 0.15) is 41.6 Å². The number of hydrogen-bond acceptors (Lipinski definition) is 3. The molecule has 1 unspecified atom stereocenters. The summed E-state index contributed by atoms with van der Waals surface area (Å²) in [5.74, 6) is 0.793. The normalized spacial score (nSPS) is 13.0. The molecule has 0 aliphatic heterocycles. The average Bonchev–Trinajstić information content (AvgIpc) is 3.28. The number of imidazole rings is 2. The van der Waals surface area contributed by atoms with Gasteiger partial charge in [0.1, 0.15) is 17.0 Å². The largest absolute Gasteiger partial charge is 0.342 e. The first-order valence-corrected chi connectivity index (χ1v) is 8.70. The number of aromatic nitrogens is 5. The van der Waals surface area contributed by atoms with E-state index in [0.29, 0.717) is 5.56 Å². The van der Waals surface area contributed by atoms with Gasteiger partial charge in [0.25, 0.3) is 5.91 Å². The van der Waals surface area contributed by atoms with Gasteiger partial charge in [0.2, 0.25) is 0 Å². The maximum Gasteiger partial charge on any atom is 0.257 e. The molecule has 0 radical (unpaired) electrons. The van der Waals surface area contributed by atoms with E-state index in [9.17, 15) is 4.79 Å². The van der Waals surface area contributed by atoms with E-state index in [4.69, 9.17) is 0 Å². The van der Waals surface area contributed by atoms with Gasteiger partial charge in [0, 0.05) is 19.4 Å². The average molecular weight is 350 g/mol. The molecular weight excluding hydrogens is 328 g/mol. The number of aromatic amines is 1. The Morgan fingerprint density at radius 2 is 2.08 bits per heavy atom. The van der Waals surface area contributed by atoms with Crippen molar-refractivity contribution in [3.8, 4) is 0 Å². The quantitative estimate of drug-likeness (QED) is 0.594. The summed E-state index contributed by atoms with van der Waals surface area (Å²) in [7, 11) is 1.90. The van der Waals surface area contributed by atoms with E-state index in [1.165, 1.54) is 5.56 Å². The fraction of sp³-hybridized carbons (Fsp3) is 0.316. The van der Waals surface area contributed by atoms with Crippen molar-refractivity contribution >= 4 is 22.6 Å². The molecule has 134 valence electrons. The minimum Gasteiger partial charge on any atom is -0.342 e. The first kappa shape index (κ1) is 16.4. The fourth-order valence-corrected chi connectivity index (χ4v) is 3.27. The number of hydrogen-bond donors (Lipinski definition) is 2. The molecular formula is C19H22N6O. The second-order valence-corrected chi connectivity index (χ2v) is 7.07. The van der Waals surface area contributed by atoms with Crippen molar-refractivity contribution in [2.24, 2.45) is 13.0 Å². The van der Waals surface area contributed by atoms with E-state index in [1.807, 2.05) is 43.1 Å². The highest BCUT2D eigenvalue weighted by molar-refractivity contribution is 6.00. The molecule has 0 saturated carbocycles. The number of carbonyl (C=O) groups excluding carboxylic acids is 1. The van der Waals surface area contributed by atoms with Crippen molar-refractivity contribution in [2.75, 3.05) is 0 Å². The van der Waals surface area contributed by atoms with Crippen molar-refractivity contribution in [2.45, 2.75) is 26.8 Å². The summed E-state index contributed by atoms with van der Waals surface area (Å²) in [6.45, 7) is 6.19. The first-order valence-electron chi connectivity index (χ1n) is 8.70. The van der Waals surface area contributed by atoms with Crippen LogP contribution in [0.5, 0.6) is 0 Å². The third-order valence-corrected chi connectivity index (χ3v) is 4.68. The molecule has 0 bridgehead atoms. The van der Waals surface area contributed by atoms with E-state index < -0.39 is 0 Å². The smallest absolute Gasteiger partial charge is 0.257 e. The molecule has 3 heterocycles. The number of carbonyl (C=O) groups is 1. The van der Waals surface area contributed by atoms with Crippen LogP contribution >= 0.6 is 0 Å². The molecule has 0 saturated heterocycles. The molecule has 0 aliphatic rings. The maximum absolute atomic E-state index is 12.9. The standard InChI is InChI=1S/C19H22N6O/c1-11(2)16(17-21-14-6-5-12(3)9-15(14)22-17)23-18(26)13-10-20-25-8-7-24(4)19(13)25/h5-11,16H,1-4H3,(H,21,22)(H,23,26). The zero-order valence-corrected chi connectivity index (χ0v) is 15.3. The predicted molar refractivity (Wildman–Crippen MR) is 100 cm³/mol. The van der Waals surface area contributed by atoms with Crippen LogP contribution in [0.15, 0.2) is 36.8 Å². The maximum atomic E-state index is 12.9. The van der Waals surface area contributed by atoms with Crippen molar-refractivity contribution in [3.05, 3.63) is 53.7 Å². The Morgan fingerprint density at radius 1 is 1.27 bits per heavy atom. The summed E-state index contributed by atoms with van der Waals surface area (Å²) in [4.78, 5) is 21.0. The Morgan fingerprint density at radius 3 is 2.85 bits per heavy atom. The predicted octanol–water partition coefficient (Wildman–Crippen LogP) is 2.98. The number of rotatable bonds is 4. The highest BCUT2D eigenvalue weighted by atomic mass is 16.1. The van der Waals surface area contributed by atoms with Crippen molar-refractivity contribution in [1.29, 1.82) is 0 Å². The van der Waals surface area contributed by atoms with Crippen LogP contribution in [-0.2, 0) is 7.05 Å². The Balaban J connectivity index is 1.68. The number of aryl methyl sites for hydroxylation is 2. The molecule has 0 fully saturated rings. The topological polar surface area (TPSA) is 80.0 Å². The molecule has 3 aromatic heterocycles. The fourth-order valence-electron chi connectivity index (χ4n) is 3.27. The Bertz CT molecular complexity index is 1100. The molecule has 1 aromatic carbocycles. The summed E-state index contributed by atoms with van der Waals surface area (Å²) < 4.78 is 3.58. The van der Waals surface area contributed by atoms with Crippen LogP contribution in [0, 0.1) is 12.8 Å².